The van der Waals surface area contributed by atoms with Crippen LogP contribution in [0.2, 0.25) is 0 Å². The molecule has 0 amide bonds. The molecule has 0 saturated heterocycles. The lowest BCUT2D eigenvalue weighted by Crippen LogP contribution is -2.00. The van der Waals surface area contributed by atoms with E-state index in [0.717, 1.165) is 31.2 Å². The molecule has 0 aliphatic heterocycles. The van der Waals surface area contributed by atoms with Gasteiger partial charge in [-0.3, -0.25) is 4.79 Å². The number of fused-ring (bicyclic) bond motifs is 1. The number of allylic oxidation sites excluding steroid dienone is 2. The van der Waals surface area contributed by atoms with E-state index in [9.17, 15) is 9.90 Å². The molecule has 3 nitrogen and oxygen atoms in total. The Morgan fingerprint density at radius 3 is 2.89 bits per heavy atom. The van der Waals surface area contributed by atoms with Gasteiger partial charge in [0.05, 0.1) is 0 Å². The first kappa shape index (κ1) is 12.7. The molecule has 0 unspecified atom stereocenters. The summed E-state index contributed by atoms with van der Waals surface area (Å²) in [5.41, 5.74) is 3.66. The highest BCUT2D eigenvalue weighted by Crippen LogP contribution is 2.32. The third-order valence-electron chi connectivity index (χ3n) is 3.33. The lowest BCUT2D eigenvalue weighted by atomic mass is 9.88. The van der Waals surface area contributed by atoms with E-state index in [1.54, 1.807) is 6.07 Å². The average molecular weight is 246 g/mol. The van der Waals surface area contributed by atoms with Gasteiger partial charge in [0, 0.05) is 6.42 Å². The highest BCUT2D eigenvalue weighted by molar-refractivity contribution is 5.71. The molecule has 0 heterocycles. The molecule has 18 heavy (non-hydrogen) atoms. The van der Waals surface area contributed by atoms with Crippen molar-refractivity contribution in [1.82, 2.24) is 0 Å². The van der Waals surface area contributed by atoms with Gasteiger partial charge in [0.2, 0.25) is 0 Å². The summed E-state index contributed by atoms with van der Waals surface area (Å²) in [5, 5.41) is 18.1. The molecular weight excluding hydrogens is 228 g/mol. The quantitative estimate of drug-likeness (QED) is 0.783. The van der Waals surface area contributed by atoms with E-state index in [2.05, 4.69) is 6.08 Å². The molecule has 0 atom stereocenters. The van der Waals surface area contributed by atoms with Gasteiger partial charge in [-0.2, -0.15) is 0 Å². The maximum atomic E-state index is 10.4. The van der Waals surface area contributed by atoms with Gasteiger partial charge in [0.1, 0.15) is 5.75 Å². The zero-order valence-electron chi connectivity index (χ0n) is 10.4. The summed E-state index contributed by atoms with van der Waals surface area (Å²) in [5.74, 6) is -0.433. The zero-order valence-corrected chi connectivity index (χ0v) is 10.4. The monoisotopic (exact) mass is 246 g/mol. The molecule has 0 radical (unpaired) electrons. The van der Waals surface area contributed by atoms with Crippen molar-refractivity contribution < 1.29 is 15.0 Å². The number of carbonyl (C=O) groups is 1. The van der Waals surface area contributed by atoms with Crippen LogP contribution in [0.15, 0.2) is 24.3 Å². The first-order valence-electron chi connectivity index (χ1n) is 6.40. The van der Waals surface area contributed by atoms with E-state index in [4.69, 9.17) is 5.11 Å². The highest BCUT2D eigenvalue weighted by Gasteiger charge is 2.12. The summed E-state index contributed by atoms with van der Waals surface area (Å²) in [6.07, 6.45) is 6.99. The molecule has 0 fully saturated rings. The fourth-order valence-corrected chi connectivity index (χ4v) is 2.42. The van der Waals surface area contributed by atoms with E-state index in [0.29, 0.717) is 12.2 Å². The Hall–Kier alpha value is -1.77. The van der Waals surface area contributed by atoms with Crippen molar-refractivity contribution >= 4 is 11.5 Å². The molecule has 2 rings (SSSR count). The second kappa shape index (κ2) is 5.71. The molecule has 0 bridgehead atoms. The third kappa shape index (κ3) is 3.13. The van der Waals surface area contributed by atoms with Crippen molar-refractivity contribution in [3.8, 4) is 5.75 Å². The molecule has 1 aliphatic carbocycles. The summed E-state index contributed by atoms with van der Waals surface area (Å²) in [7, 11) is 0. The summed E-state index contributed by atoms with van der Waals surface area (Å²) < 4.78 is 0. The van der Waals surface area contributed by atoms with Gasteiger partial charge in [0.15, 0.2) is 0 Å². The van der Waals surface area contributed by atoms with E-state index >= 15 is 0 Å². The fraction of sp³-hybridized carbons (Fsp3) is 0.400. The lowest BCUT2D eigenvalue weighted by molar-refractivity contribution is -0.137. The minimum Gasteiger partial charge on any atom is -0.508 e. The first-order chi connectivity index (χ1) is 8.66. The Bertz CT molecular complexity index is 475. The van der Waals surface area contributed by atoms with Crippen LogP contribution in [0.4, 0.5) is 0 Å². The largest absolute Gasteiger partial charge is 0.508 e. The molecule has 96 valence electrons. The number of aryl methyl sites for hydroxylation is 1. The number of unbranched alkanes of at least 4 members (excludes halogenated alkanes) is 1. The number of aromatic hydroxyl groups is 1. The molecule has 0 spiro atoms. The molecule has 1 aromatic carbocycles. The Kier molecular flexibility index (Phi) is 4.03. The van der Waals surface area contributed by atoms with Crippen molar-refractivity contribution in [2.45, 2.75) is 38.5 Å². The van der Waals surface area contributed by atoms with Crippen LogP contribution in [0.1, 0.15) is 43.2 Å². The Morgan fingerprint density at radius 2 is 2.11 bits per heavy atom. The number of hydrogen-bond donors (Lipinski definition) is 2. The van der Waals surface area contributed by atoms with Gasteiger partial charge >= 0.3 is 5.97 Å². The van der Waals surface area contributed by atoms with Crippen LogP contribution >= 0.6 is 0 Å². The van der Waals surface area contributed by atoms with E-state index in [-0.39, 0.29) is 6.42 Å². The number of carboxylic acid groups (broad SMARTS) is 1. The van der Waals surface area contributed by atoms with Crippen LogP contribution < -0.4 is 0 Å². The number of rotatable bonds is 5. The maximum absolute atomic E-state index is 10.4. The fourth-order valence-electron chi connectivity index (χ4n) is 2.42. The third-order valence-corrected chi connectivity index (χ3v) is 3.33. The smallest absolute Gasteiger partial charge is 0.303 e. The summed E-state index contributed by atoms with van der Waals surface area (Å²) in [6.45, 7) is 0. The van der Waals surface area contributed by atoms with Gasteiger partial charge in [-0.25, -0.2) is 0 Å². The van der Waals surface area contributed by atoms with E-state index in [1.165, 1.54) is 11.1 Å². The maximum Gasteiger partial charge on any atom is 0.303 e. The Labute approximate surface area is 107 Å². The van der Waals surface area contributed by atoms with Gasteiger partial charge in [0.25, 0.3) is 0 Å². The minimum absolute atomic E-state index is 0.236. The van der Waals surface area contributed by atoms with Crippen LogP contribution in [0.3, 0.4) is 0 Å². The molecule has 1 aliphatic rings. The lowest BCUT2D eigenvalue weighted by Gasteiger charge is -2.18. The van der Waals surface area contributed by atoms with E-state index < -0.39 is 5.97 Å². The normalized spacial score (nSPS) is 13.9. The number of benzene rings is 1. The molecular formula is C15H18O3. The number of phenolic OH excluding ortho intramolecular Hbond substituents is 1. The van der Waals surface area contributed by atoms with Crippen LogP contribution in [0.25, 0.3) is 5.57 Å². The van der Waals surface area contributed by atoms with Gasteiger partial charge in [-0.15, -0.1) is 0 Å². The topological polar surface area (TPSA) is 57.5 Å². The van der Waals surface area contributed by atoms with Crippen molar-refractivity contribution in [2.75, 3.05) is 0 Å². The van der Waals surface area contributed by atoms with Crippen molar-refractivity contribution in [1.29, 1.82) is 0 Å². The molecule has 3 heteroatoms. The average Bonchev–Trinajstić information content (AvgIpc) is 2.34. The number of hydrogen-bond acceptors (Lipinski definition) is 2. The number of phenols is 1. The van der Waals surface area contributed by atoms with Crippen molar-refractivity contribution in [2.24, 2.45) is 0 Å². The van der Waals surface area contributed by atoms with Crippen LogP contribution in [0.5, 0.6) is 5.75 Å². The molecule has 1 aromatic rings. The van der Waals surface area contributed by atoms with Gasteiger partial charge in [-0.05, 0) is 60.9 Å². The van der Waals surface area contributed by atoms with Crippen LogP contribution in [-0.2, 0) is 11.2 Å². The van der Waals surface area contributed by atoms with E-state index in [1.807, 2.05) is 12.1 Å². The van der Waals surface area contributed by atoms with Gasteiger partial charge in [-0.1, -0.05) is 12.1 Å². The standard InChI is InChI=1S/C15H18O3/c16-13-9-8-12-6-3-5-11(14(12)10-13)4-1-2-7-15(17)18/h5,8-10,16H,1-4,6-7H2,(H,17,18). The second-order valence-corrected chi connectivity index (χ2v) is 4.71. The number of aliphatic carboxylic acids is 1. The highest BCUT2D eigenvalue weighted by atomic mass is 16.4. The molecule has 0 saturated carbocycles. The Morgan fingerprint density at radius 1 is 1.28 bits per heavy atom. The zero-order chi connectivity index (χ0) is 13.0. The second-order valence-electron chi connectivity index (χ2n) is 4.71. The molecule has 2 N–H and O–H groups in total. The van der Waals surface area contributed by atoms with Crippen LogP contribution in [0, 0.1) is 0 Å². The summed E-state index contributed by atoms with van der Waals surface area (Å²) in [4.78, 5) is 10.4. The minimum atomic E-state index is -0.731. The summed E-state index contributed by atoms with van der Waals surface area (Å²) >= 11 is 0. The number of carboxylic acids is 1. The summed E-state index contributed by atoms with van der Waals surface area (Å²) in [6, 6.07) is 5.53. The Balaban J connectivity index is 2.00. The van der Waals surface area contributed by atoms with Crippen LogP contribution in [-0.4, -0.2) is 16.2 Å². The molecule has 0 aromatic heterocycles. The first-order valence-corrected chi connectivity index (χ1v) is 6.40. The van der Waals surface area contributed by atoms with Crippen molar-refractivity contribution in [3.05, 3.63) is 35.4 Å². The van der Waals surface area contributed by atoms with Gasteiger partial charge < -0.3 is 10.2 Å². The van der Waals surface area contributed by atoms with Crippen molar-refractivity contribution in [3.63, 3.8) is 0 Å². The predicted molar refractivity (Wildman–Crippen MR) is 70.5 cm³/mol. The predicted octanol–water partition coefficient (Wildman–Crippen LogP) is 3.37. The SMILES string of the molecule is O=C(O)CCCCC1=CCCc2ccc(O)cc21.